The van der Waals surface area contributed by atoms with Gasteiger partial charge in [-0.2, -0.15) is 0 Å². The van der Waals surface area contributed by atoms with Crippen LogP contribution in [0.4, 0.5) is 5.69 Å². The van der Waals surface area contributed by atoms with Crippen LogP contribution in [0, 0.1) is 4.84 Å². The summed E-state index contributed by atoms with van der Waals surface area (Å²) in [6.45, 7) is 0. The number of nitrogen functional groups attached to an aromatic ring is 1. The monoisotopic (exact) mass is 166 g/mol. The standard InChI is InChI=1S/C7H6N2OS/c8-4-1-2-6-5(3-4)9-7(11)10-6/h1-3H,8H2,(H,9,11). The highest BCUT2D eigenvalue weighted by Gasteiger charge is 1.96. The lowest BCUT2D eigenvalue weighted by atomic mass is 10.3. The van der Waals surface area contributed by atoms with E-state index in [4.69, 9.17) is 22.4 Å². The van der Waals surface area contributed by atoms with Crippen LogP contribution in [0.2, 0.25) is 0 Å². The number of aromatic nitrogens is 1. The SMILES string of the molecule is Nc1ccc2oc(=S)[nH]c2c1. The van der Waals surface area contributed by atoms with E-state index >= 15 is 0 Å². The van der Waals surface area contributed by atoms with Gasteiger partial charge in [0.05, 0.1) is 5.52 Å². The Morgan fingerprint density at radius 1 is 1.45 bits per heavy atom. The highest BCUT2D eigenvalue weighted by atomic mass is 32.1. The van der Waals surface area contributed by atoms with Crippen LogP contribution < -0.4 is 5.73 Å². The van der Waals surface area contributed by atoms with Gasteiger partial charge in [0.15, 0.2) is 5.58 Å². The Balaban J connectivity index is 2.92. The molecule has 2 rings (SSSR count). The first kappa shape index (κ1) is 6.42. The fraction of sp³-hybridized carbons (Fsp3) is 0. The van der Waals surface area contributed by atoms with Gasteiger partial charge in [-0.25, -0.2) is 0 Å². The zero-order valence-electron chi connectivity index (χ0n) is 5.63. The van der Waals surface area contributed by atoms with Gasteiger partial charge in [0.1, 0.15) is 0 Å². The molecule has 0 atom stereocenters. The number of rotatable bonds is 0. The molecule has 0 saturated carbocycles. The van der Waals surface area contributed by atoms with Gasteiger partial charge >= 0.3 is 0 Å². The molecular weight excluding hydrogens is 160 g/mol. The molecule has 0 aliphatic rings. The normalized spacial score (nSPS) is 10.5. The van der Waals surface area contributed by atoms with Gasteiger partial charge in [0.2, 0.25) is 0 Å². The van der Waals surface area contributed by atoms with Crippen molar-refractivity contribution in [3.05, 3.63) is 23.0 Å². The van der Waals surface area contributed by atoms with Crippen LogP contribution in [0.15, 0.2) is 22.6 Å². The van der Waals surface area contributed by atoms with Gasteiger partial charge in [0.25, 0.3) is 4.84 Å². The van der Waals surface area contributed by atoms with E-state index in [0.29, 0.717) is 10.5 Å². The fourth-order valence-electron chi connectivity index (χ4n) is 0.970. The van der Waals surface area contributed by atoms with Crippen LogP contribution in [0.3, 0.4) is 0 Å². The summed E-state index contributed by atoms with van der Waals surface area (Å²) in [6, 6.07) is 5.35. The number of nitrogens with one attached hydrogen (secondary N) is 1. The second kappa shape index (κ2) is 2.10. The summed E-state index contributed by atoms with van der Waals surface area (Å²) in [5.41, 5.74) is 7.82. The summed E-state index contributed by atoms with van der Waals surface area (Å²) in [4.78, 5) is 3.25. The number of anilines is 1. The van der Waals surface area contributed by atoms with Crippen molar-refractivity contribution in [1.82, 2.24) is 4.98 Å². The fourth-order valence-corrected chi connectivity index (χ4v) is 1.17. The van der Waals surface area contributed by atoms with E-state index in [0.717, 1.165) is 11.1 Å². The molecule has 2 aromatic rings. The quantitative estimate of drug-likeness (QED) is 0.465. The summed E-state index contributed by atoms with van der Waals surface area (Å²) in [7, 11) is 0. The zero-order valence-corrected chi connectivity index (χ0v) is 6.44. The summed E-state index contributed by atoms with van der Waals surface area (Å²) < 4.78 is 5.13. The summed E-state index contributed by atoms with van der Waals surface area (Å²) in [6.07, 6.45) is 0. The summed E-state index contributed by atoms with van der Waals surface area (Å²) in [5.74, 6) is 0. The third kappa shape index (κ3) is 1.01. The molecule has 3 N–H and O–H groups in total. The van der Waals surface area contributed by atoms with Gasteiger partial charge in [0, 0.05) is 5.69 Å². The first-order valence-electron chi connectivity index (χ1n) is 3.14. The van der Waals surface area contributed by atoms with Crippen molar-refractivity contribution in [1.29, 1.82) is 0 Å². The molecule has 11 heavy (non-hydrogen) atoms. The molecule has 1 aromatic heterocycles. The van der Waals surface area contributed by atoms with Crippen LogP contribution in [-0.2, 0) is 0 Å². The van der Waals surface area contributed by atoms with Gasteiger partial charge < -0.3 is 15.1 Å². The third-order valence-corrected chi connectivity index (χ3v) is 1.63. The molecule has 3 nitrogen and oxygen atoms in total. The number of nitrogens with two attached hydrogens (primary N) is 1. The van der Waals surface area contributed by atoms with E-state index in [1.165, 1.54) is 0 Å². The molecule has 0 radical (unpaired) electrons. The topological polar surface area (TPSA) is 54.9 Å². The summed E-state index contributed by atoms with van der Waals surface area (Å²) >= 11 is 4.79. The molecule has 0 bridgehead atoms. The maximum Gasteiger partial charge on any atom is 0.266 e. The van der Waals surface area contributed by atoms with E-state index in [1.54, 1.807) is 18.2 Å². The molecule has 0 fully saturated rings. The Bertz CT molecular complexity index is 443. The van der Waals surface area contributed by atoms with Crippen molar-refractivity contribution in [3.8, 4) is 0 Å². The van der Waals surface area contributed by atoms with E-state index in [2.05, 4.69) is 4.98 Å². The number of aromatic amines is 1. The number of hydrogen-bond donors (Lipinski definition) is 2. The first-order chi connectivity index (χ1) is 5.25. The van der Waals surface area contributed by atoms with Crippen molar-refractivity contribution in [2.24, 2.45) is 0 Å². The minimum Gasteiger partial charge on any atom is -0.429 e. The molecule has 0 amide bonds. The molecule has 0 spiro atoms. The average molecular weight is 166 g/mol. The Kier molecular flexibility index (Phi) is 1.22. The van der Waals surface area contributed by atoms with Crippen LogP contribution in [0.5, 0.6) is 0 Å². The van der Waals surface area contributed by atoms with E-state index in [1.807, 2.05) is 0 Å². The van der Waals surface area contributed by atoms with E-state index < -0.39 is 0 Å². The van der Waals surface area contributed by atoms with Crippen LogP contribution in [0.1, 0.15) is 0 Å². The van der Waals surface area contributed by atoms with E-state index in [9.17, 15) is 0 Å². The second-order valence-electron chi connectivity index (χ2n) is 2.27. The number of fused-ring (bicyclic) bond motifs is 1. The van der Waals surface area contributed by atoms with Crippen molar-refractivity contribution in [2.45, 2.75) is 0 Å². The lowest BCUT2D eigenvalue weighted by Crippen LogP contribution is -1.81. The maximum absolute atomic E-state index is 5.54. The van der Waals surface area contributed by atoms with Crippen molar-refractivity contribution in [2.75, 3.05) is 5.73 Å². The Hall–Kier alpha value is -1.29. The first-order valence-corrected chi connectivity index (χ1v) is 3.55. The van der Waals surface area contributed by atoms with Gasteiger partial charge in [-0.15, -0.1) is 0 Å². The van der Waals surface area contributed by atoms with Crippen molar-refractivity contribution >= 4 is 29.0 Å². The smallest absolute Gasteiger partial charge is 0.266 e. The lowest BCUT2D eigenvalue weighted by molar-refractivity contribution is 0.583. The highest BCUT2D eigenvalue weighted by Crippen LogP contribution is 2.15. The molecule has 0 saturated heterocycles. The van der Waals surface area contributed by atoms with Gasteiger partial charge in [-0.1, -0.05) is 0 Å². The van der Waals surface area contributed by atoms with Crippen LogP contribution in [0.25, 0.3) is 11.1 Å². The molecule has 0 unspecified atom stereocenters. The Morgan fingerprint density at radius 3 is 3.09 bits per heavy atom. The third-order valence-electron chi connectivity index (χ3n) is 1.44. The Labute approximate surface area is 67.8 Å². The molecule has 0 aliphatic heterocycles. The maximum atomic E-state index is 5.54. The minimum atomic E-state index is 0.380. The molecule has 1 heterocycles. The van der Waals surface area contributed by atoms with E-state index in [-0.39, 0.29) is 0 Å². The second-order valence-corrected chi connectivity index (χ2v) is 2.64. The van der Waals surface area contributed by atoms with Crippen molar-refractivity contribution in [3.63, 3.8) is 0 Å². The van der Waals surface area contributed by atoms with Gasteiger partial charge in [-0.05, 0) is 30.4 Å². The molecular formula is C7H6N2OS. The zero-order chi connectivity index (χ0) is 7.84. The Morgan fingerprint density at radius 2 is 2.27 bits per heavy atom. The van der Waals surface area contributed by atoms with Crippen LogP contribution >= 0.6 is 12.2 Å². The van der Waals surface area contributed by atoms with Crippen LogP contribution in [-0.4, -0.2) is 4.98 Å². The predicted molar refractivity (Wildman–Crippen MR) is 45.8 cm³/mol. The largest absolute Gasteiger partial charge is 0.429 e. The molecule has 4 heteroatoms. The lowest BCUT2D eigenvalue weighted by Gasteiger charge is -1.88. The number of benzene rings is 1. The van der Waals surface area contributed by atoms with Gasteiger partial charge in [-0.3, -0.25) is 0 Å². The summed E-state index contributed by atoms with van der Waals surface area (Å²) in [5, 5.41) is 0. The van der Waals surface area contributed by atoms with Crippen molar-refractivity contribution < 1.29 is 4.42 Å². The minimum absolute atomic E-state index is 0.380. The molecule has 1 aromatic carbocycles. The molecule has 0 aliphatic carbocycles. The highest BCUT2D eigenvalue weighted by molar-refractivity contribution is 7.71. The molecule has 56 valence electrons. The number of H-pyrrole nitrogens is 1. The number of oxazole rings is 1. The number of hydrogen-bond acceptors (Lipinski definition) is 3. The average Bonchev–Trinajstić information content (AvgIpc) is 2.27. The predicted octanol–water partition coefficient (Wildman–Crippen LogP) is 2.07.